The van der Waals surface area contributed by atoms with Crippen molar-refractivity contribution in [3.8, 4) is 17.6 Å². The van der Waals surface area contributed by atoms with Crippen molar-refractivity contribution in [1.82, 2.24) is 5.32 Å². The highest BCUT2D eigenvalue weighted by atomic mass is 127. The molecule has 0 bridgehead atoms. The van der Waals surface area contributed by atoms with Crippen molar-refractivity contribution in [1.29, 1.82) is 0 Å². The van der Waals surface area contributed by atoms with Crippen LogP contribution in [-0.2, 0) is 6.54 Å². The number of aromatic hydroxyl groups is 1. The Labute approximate surface area is 140 Å². The minimum Gasteiger partial charge on any atom is -0.507 e. The van der Waals surface area contributed by atoms with Crippen LogP contribution in [0.15, 0.2) is 29.6 Å². The average Bonchev–Trinajstić information content (AvgIpc) is 2.93. The molecule has 108 valence electrons. The number of rotatable bonds is 3. The van der Waals surface area contributed by atoms with Crippen LogP contribution < -0.4 is 5.32 Å². The Kier molecular flexibility index (Phi) is 5.61. The van der Waals surface area contributed by atoms with Crippen molar-refractivity contribution in [3.63, 3.8) is 0 Å². The number of phenolic OH excluding ortho intramolecular Hbond substituents is 1. The molecule has 2 aromatic rings. The third-order valence-corrected chi connectivity index (χ3v) is 4.20. The van der Waals surface area contributed by atoms with Crippen LogP contribution in [0.4, 0.5) is 0 Å². The highest BCUT2D eigenvalue weighted by Crippen LogP contribution is 2.20. The highest BCUT2D eigenvalue weighted by molar-refractivity contribution is 14.1. The molecule has 0 fully saturated rings. The molecule has 3 N–H and O–H groups in total. The molecule has 0 radical (unpaired) electrons. The topological polar surface area (TPSA) is 69.6 Å². The van der Waals surface area contributed by atoms with E-state index < -0.39 is 0 Å². The molecule has 0 aliphatic rings. The van der Waals surface area contributed by atoms with Crippen LogP contribution in [0, 0.1) is 15.4 Å². The number of benzene rings is 1. The number of carbonyl (C=O) groups excluding carboxylic acids is 1. The first-order valence-electron chi connectivity index (χ1n) is 6.04. The summed E-state index contributed by atoms with van der Waals surface area (Å²) in [6.07, 6.45) is 0. The van der Waals surface area contributed by atoms with Gasteiger partial charge in [-0.25, -0.2) is 0 Å². The Morgan fingerprint density at radius 3 is 2.95 bits per heavy atom. The fourth-order valence-electron chi connectivity index (χ4n) is 1.63. The summed E-state index contributed by atoms with van der Waals surface area (Å²) in [5.41, 5.74) is 1.08. The average molecular weight is 413 g/mol. The van der Waals surface area contributed by atoms with Gasteiger partial charge in [0.2, 0.25) is 0 Å². The molecule has 4 nitrogen and oxygen atoms in total. The summed E-state index contributed by atoms with van der Waals surface area (Å²) >= 11 is 3.57. The molecule has 0 spiro atoms. The summed E-state index contributed by atoms with van der Waals surface area (Å²) in [4.78, 5) is 13.0. The van der Waals surface area contributed by atoms with Crippen LogP contribution in [0.25, 0.3) is 0 Å². The second-order valence-corrected chi connectivity index (χ2v) is 6.35. The number of nitrogens with one attached hydrogen (secondary N) is 1. The van der Waals surface area contributed by atoms with E-state index >= 15 is 0 Å². The fourth-order valence-corrected chi connectivity index (χ4v) is 2.88. The maximum atomic E-state index is 12.0. The van der Waals surface area contributed by atoms with Gasteiger partial charge in [0.25, 0.3) is 5.91 Å². The standard InChI is InChI=1S/C15H12INO3S/c16-11-3-4-14(19)13(7-11)15(20)17-8-12-6-10(9-21-12)2-1-5-18/h3-4,6-7,9,18-19H,5,8H2,(H,17,20). The number of aliphatic hydroxyl groups is 1. The Balaban J connectivity index is 2.01. The molecule has 0 saturated heterocycles. The van der Waals surface area contributed by atoms with E-state index in [1.807, 2.05) is 11.4 Å². The highest BCUT2D eigenvalue weighted by Gasteiger charge is 2.11. The van der Waals surface area contributed by atoms with Crippen molar-refractivity contribution in [2.75, 3.05) is 6.61 Å². The van der Waals surface area contributed by atoms with Crippen molar-refractivity contribution in [3.05, 3.63) is 49.2 Å². The molecule has 0 atom stereocenters. The third-order valence-electron chi connectivity index (χ3n) is 2.59. The minimum absolute atomic E-state index is 0.0337. The number of hydrogen-bond acceptors (Lipinski definition) is 4. The van der Waals surface area contributed by atoms with E-state index in [0.29, 0.717) is 6.54 Å². The second-order valence-electron chi connectivity index (χ2n) is 4.11. The van der Waals surface area contributed by atoms with Gasteiger partial charge in [-0.2, -0.15) is 0 Å². The van der Waals surface area contributed by atoms with Crippen molar-refractivity contribution >= 4 is 39.8 Å². The zero-order valence-corrected chi connectivity index (χ0v) is 13.9. The quantitative estimate of drug-likeness (QED) is 0.535. The molecule has 1 heterocycles. The molecule has 0 aliphatic carbocycles. The van der Waals surface area contributed by atoms with Gasteiger partial charge in [0.05, 0.1) is 12.1 Å². The molecule has 1 amide bonds. The van der Waals surface area contributed by atoms with Gasteiger partial charge in [0.1, 0.15) is 12.4 Å². The number of thiophene rings is 1. The lowest BCUT2D eigenvalue weighted by Gasteiger charge is -2.06. The van der Waals surface area contributed by atoms with E-state index in [1.54, 1.807) is 12.1 Å². The second kappa shape index (κ2) is 7.45. The number of amides is 1. The van der Waals surface area contributed by atoms with Gasteiger partial charge in [-0.05, 0) is 46.9 Å². The predicted octanol–water partition coefficient (Wildman–Crippen LogP) is 2.33. The lowest BCUT2D eigenvalue weighted by molar-refractivity contribution is 0.0948. The first-order valence-corrected chi connectivity index (χ1v) is 8.00. The van der Waals surface area contributed by atoms with Gasteiger partial charge >= 0.3 is 0 Å². The van der Waals surface area contributed by atoms with E-state index in [9.17, 15) is 9.90 Å². The van der Waals surface area contributed by atoms with Gasteiger partial charge in [0.15, 0.2) is 0 Å². The maximum absolute atomic E-state index is 12.0. The Morgan fingerprint density at radius 1 is 1.38 bits per heavy atom. The van der Waals surface area contributed by atoms with Gasteiger partial charge in [-0.15, -0.1) is 11.3 Å². The number of halogens is 1. The fraction of sp³-hybridized carbons (Fsp3) is 0.133. The summed E-state index contributed by atoms with van der Waals surface area (Å²) < 4.78 is 0.883. The third kappa shape index (κ3) is 4.46. The molecule has 0 aliphatic heterocycles. The lowest BCUT2D eigenvalue weighted by atomic mass is 10.2. The van der Waals surface area contributed by atoms with E-state index in [1.165, 1.54) is 17.4 Å². The van der Waals surface area contributed by atoms with Crippen LogP contribution in [-0.4, -0.2) is 22.7 Å². The number of phenols is 1. The van der Waals surface area contributed by atoms with Crippen LogP contribution >= 0.6 is 33.9 Å². The van der Waals surface area contributed by atoms with Gasteiger partial charge in [0, 0.05) is 19.4 Å². The first-order chi connectivity index (χ1) is 10.1. The summed E-state index contributed by atoms with van der Waals surface area (Å²) in [5.74, 6) is 5.03. The summed E-state index contributed by atoms with van der Waals surface area (Å²) in [6.45, 7) is 0.197. The molecular weight excluding hydrogens is 401 g/mol. The molecule has 0 unspecified atom stereocenters. The summed E-state index contributed by atoms with van der Waals surface area (Å²) in [5, 5.41) is 23.0. The first kappa shape index (κ1) is 15.8. The molecule has 2 rings (SSSR count). The molecule has 1 aromatic heterocycles. The van der Waals surface area contributed by atoms with Gasteiger partial charge in [-0.3, -0.25) is 4.79 Å². The largest absolute Gasteiger partial charge is 0.507 e. The Hall–Kier alpha value is -1.56. The molecule has 21 heavy (non-hydrogen) atoms. The maximum Gasteiger partial charge on any atom is 0.255 e. The Morgan fingerprint density at radius 2 is 2.19 bits per heavy atom. The van der Waals surface area contributed by atoms with Crippen molar-refractivity contribution in [2.24, 2.45) is 0 Å². The minimum atomic E-state index is -0.317. The van der Waals surface area contributed by atoms with Gasteiger partial charge in [-0.1, -0.05) is 11.8 Å². The SMILES string of the molecule is O=C(NCc1cc(C#CCO)cs1)c1cc(I)ccc1O. The van der Waals surface area contributed by atoms with Crippen LogP contribution in [0.1, 0.15) is 20.8 Å². The van der Waals surface area contributed by atoms with E-state index in [2.05, 4.69) is 39.7 Å². The van der Waals surface area contributed by atoms with Crippen molar-refractivity contribution < 1.29 is 15.0 Å². The van der Waals surface area contributed by atoms with Gasteiger partial charge < -0.3 is 15.5 Å². The smallest absolute Gasteiger partial charge is 0.255 e. The van der Waals surface area contributed by atoms with Crippen molar-refractivity contribution in [2.45, 2.75) is 6.54 Å². The number of hydrogen-bond donors (Lipinski definition) is 3. The molecular formula is C15H12INO3S. The zero-order chi connectivity index (χ0) is 15.2. The van der Waals surface area contributed by atoms with Crippen LogP contribution in [0.2, 0.25) is 0 Å². The zero-order valence-electron chi connectivity index (χ0n) is 10.9. The Bertz CT molecular complexity index is 715. The predicted molar refractivity (Wildman–Crippen MR) is 90.3 cm³/mol. The number of carbonyl (C=O) groups is 1. The van der Waals surface area contributed by atoms with E-state index in [0.717, 1.165) is 14.0 Å². The number of aliphatic hydroxyl groups excluding tert-OH is 1. The lowest BCUT2D eigenvalue weighted by Crippen LogP contribution is -2.22. The van der Waals surface area contributed by atoms with Crippen LogP contribution in [0.5, 0.6) is 5.75 Å². The normalized spacial score (nSPS) is 9.81. The van der Waals surface area contributed by atoms with Crippen LogP contribution in [0.3, 0.4) is 0 Å². The van der Waals surface area contributed by atoms with E-state index in [-0.39, 0.29) is 23.8 Å². The van der Waals surface area contributed by atoms with E-state index in [4.69, 9.17) is 5.11 Å². The molecule has 6 heteroatoms. The summed E-state index contributed by atoms with van der Waals surface area (Å²) in [7, 11) is 0. The summed E-state index contributed by atoms with van der Waals surface area (Å²) in [6, 6.07) is 6.74. The monoisotopic (exact) mass is 413 g/mol. The molecule has 0 saturated carbocycles. The molecule has 1 aromatic carbocycles.